The molecule has 0 aromatic carbocycles. The van der Waals surface area contributed by atoms with Crippen molar-refractivity contribution in [2.75, 3.05) is 13.1 Å². The van der Waals surface area contributed by atoms with Crippen LogP contribution in [0.5, 0.6) is 0 Å². The summed E-state index contributed by atoms with van der Waals surface area (Å²) in [6.07, 6.45) is 3.94. The summed E-state index contributed by atoms with van der Waals surface area (Å²) in [5.41, 5.74) is -1.09. The molecule has 1 fully saturated rings. The average molecular weight is 298 g/mol. The minimum Gasteiger partial charge on any atom is -0.480 e. The van der Waals surface area contributed by atoms with Gasteiger partial charge in [0.15, 0.2) is 0 Å². The van der Waals surface area contributed by atoms with Gasteiger partial charge < -0.3 is 15.3 Å². The molecule has 1 saturated carbocycles. The van der Waals surface area contributed by atoms with Gasteiger partial charge in [-0.1, -0.05) is 40.0 Å². The monoisotopic (exact) mass is 298 g/mol. The van der Waals surface area contributed by atoms with E-state index >= 15 is 0 Å². The van der Waals surface area contributed by atoms with Gasteiger partial charge in [-0.2, -0.15) is 0 Å². The van der Waals surface area contributed by atoms with Crippen LogP contribution in [-0.4, -0.2) is 40.6 Å². The maximum Gasteiger partial charge on any atom is 0.329 e. The molecule has 0 aliphatic heterocycles. The molecular formula is C16H30N2O3. The van der Waals surface area contributed by atoms with Crippen LogP contribution in [0, 0.1) is 11.8 Å². The van der Waals surface area contributed by atoms with Gasteiger partial charge >= 0.3 is 12.0 Å². The molecule has 0 heterocycles. The smallest absolute Gasteiger partial charge is 0.329 e. The maximum atomic E-state index is 12.5. The Kier molecular flexibility index (Phi) is 6.49. The summed E-state index contributed by atoms with van der Waals surface area (Å²) in [5, 5.41) is 12.4. The molecule has 0 spiro atoms. The fourth-order valence-electron chi connectivity index (χ4n) is 3.06. The largest absolute Gasteiger partial charge is 0.480 e. The predicted octanol–water partition coefficient (Wildman–Crippen LogP) is 3.10. The quantitative estimate of drug-likeness (QED) is 0.791. The number of hydrogen-bond donors (Lipinski definition) is 2. The average Bonchev–Trinajstić information content (AvgIpc) is 2.43. The predicted molar refractivity (Wildman–Crippen MR) is 83.2 cm³/mol. The lowest BCUT2D eigenvalue weighted by molar-refractivity contribution is -0.146. The van der Waals surface area contributed by atoms with Gasteiger partial charge in [-0.15, -0.1) is 0 Å². The van der Waals surface area contributed by atoms with E-state index in [9.17, 15) is 14.7 Å². The van der Waals surface area contributed by atoms with Crippen LogP contribution in [0.25, 0.3) is 0 Å². The summed E-state index contributed by atoms with van der Waals surface area (Å²) in [4.78, 5) is 25.9. The normalized spacial score (nSPS) is 27.0. The zero-order chi connectivity index (χ0) is 16.0. The first-order valence-electron chi connectivity index (χ1n) is 8.15. The number of hydrogen-bond acceptors (Lipinski definition) is 2. The van der Waals surface area contributed by atoms with E-state index in [0.717, 1.165) is 19.3 Å². The van der Waals surface area contributed by atoms with E-state index in [1.807, 2.05) is 6.92 Å². The first kappa shape index (κ1) is 17.8. The number of nitrogens with one attached hydrogen (secondary N) is 1. The van der Waals surface area contributed by atoms with E-state index in [0.29, 0.717) is 37.8 Å². The van der Waals surface area contributed by atoms with Crippen molar-refractivity contribution in [1.29, 1.82) is 0 Å². The highest BCUT2D eigenvalue weighted by atomic mass is 16.4. The Balaban J connectivity index is 2.78. The number of carboxylic acids is 1. The van der Waals surface area contributed by atoms with E-state index < -0.39 is 11.5 Å². The zero-order valence-electron chi connectivity index (χ0n) is 13.8. The molecule has 0 bridgehead atoms. The Morgan fingerprint density at radius 3 is 2.57 bits per heavy atom. The van der Waals surface area contributed by atoms with Gasteiger partial charge in [0.25, 0.3) is 0 Å². The van der Waals surface area contributed by atoms with Gasteiger partial charge in [0.1, 0.15) is 5.54 Å². The number of carboxylic acid groups (broad SMARTS) is 1. The molecule has 3 atom stereocenters. The van der Waals surface area contributed by atoms with Crippen LogP contribution in [0.2, 0.25) is 0 Å². The number of nitrogens with zero attached hydrogens (tertiary/aromatic N) is 1. The second-order valence-electron chi connectivity index (χ2n) is 6.57. The van der Waals surface area contributed by atoms with Crippen LogP contribution in [0.1, 0.15) is 59.8 Å². The number of carbonyl (C=O) groups is 2. The zero-order valence-corrected chi connectivity index (χ0v) is 13.8. The summed E-state index contributed by atoms with van der Waals surface area (Å²) in [6.45, 7) is 9.45. The highest BCUT2D eigenvalue weighted by Crippen LogP contribution is 2.32. The number of urea groups is 1. The Hall–Kier alpha value is -1.26. The van der Waals surface area contributed by atoms with Crippen molar-refractivity contribution in [2.45, 2.75) is 65.3 Å². The van der Waals surface area contributed by atoms with Crippen LogP contribution < -0.4 is 5.32 Å². The van der Waals surface area contributed by atoms with Gasteiger partial charge in [-0.25, -0.2) is 9.59 Å². The molecule has 0 aromatic heterocycles. The molecule has 21 heavy (non-hydrogen) atoms. The first-order valence-corrected chi connectivity index (χ1v) is 8.15. The maximum absolute atomic E-state index is 12.5. The van der Waals surface area contributed by atoms with Crippen molar-refractivity contribution in [3.8, 4) is 0 Å². The summed E-state index contributed by atoms with van der Waals surface area (Å²) in [5.74, 6) is -0.149. The van der Waals surface area contributed by atoms with E-state index in [1.165, 1.54) is 0 Å². The molecule has 0 radical (unpaired) electrons. The Labute approximate surface area is 128 Å². The molecule has 2 amide bonds. The third-order valence-corrected chi connectivity index (χ3v) is 4.65. The van der Waals surface area contributed by atoms with Gasteiger partial charge in [-0.3, -0.25) is 0 Å². The number of aliphatic carboxylic acids is 1. The Morgan fingerprint density at radius 1 is 1.43 bits per heavy atom. The molecule has 122 valence electrons. The van der Waals surface area contributed by atoms with E-state index in [-0.39, 0.29) is 6.03 Å². The van der Waals surface area contributed by atoms with Crippen molar-refractivity contribution in [3.63, 3.8) is 0 Å². The molecule has 0 aromatic rings. The molecule has 3 unspecified atom stereocenters. The molecule has 1 rings (SSSR count). The lowest BCUT2D eigenvalue weighted by atomic mass is 9.76. The SMILES string of the molecule is CCC(C)CN(CC)C(=O)NC1(C(=O)O)CCCC(C)C1. The summed E-state index contributed by atoms with van der Waals surface area (Å²) < 4.78 is 0. The van der Waals surface area contributed by atoms with Gasteiger partial charge in [-0.05, 0) is 31.6 Å². The third-order valence-electron chi connectivity index (χ3n) is 4.65. The van der Waals surface area contributed by atoms with Crippen molar-refractivity contribution in [3.05, 3.63) is 0 Å². The first-order chi connectivity index (χ1) is 9.84. The van der Waals surface area contributed by atoms with Crippen molar-refractivity contribution in [1.82, 2.24) is 10.2 Å². The van der Waals surface area contributed by atoms with E-state index in [2.05, 4.69) is 26.1 Å². The second kappa shape index (κ2) is 7.66. The summed E-state index contributed by atoms with van der Waals surface area (Å²) >= 11 is 0. The fraction of sp³-hybridized carbons (Fsp3) is 0.875. The number of amides is 2. The molecule has 1 aliphatic rings. The van der Waals surface area contributed by atoms with Crippen LogP contribution in [0.3, 0.4) is 0 Å². The van der Waals surface area contributed by atoms with Crippen LogP contribution in [0.4, 0.5) is 4.79 Å². The molecule has 5 heteroatoms. The van der Waals surface area contributed by atoms with Crippen molar-refractivity contribution in [2.24, 2.45) is 11.8 Å². The second-order valence-corrected chi connectivity index (χ2v) is 6.57. The lowest BCUT2D eigenvalue weighted by Crippen LogP contribution is -2.60. The standard InChI is InChI=1S/C16H30N2O3/c1-5-12(3)11-18(6-2)15(21)17-16(14(19)20)9-7-8-13(4)10-16/h12-13H,5-11H2,1-4H3,(H,17,21)(H,19,20). The van der Waals surface area contributed by atoms with E-state index in [1.54, 1.807) is 4.90 Å². The molecule has 0 saturated heterocycles. The molecular weight excluding hydrogens is 268 g/mol. The Morgan fingerprint density at radius 2 is 2.10 bits per heavy atom. The summed E-state index contributed by atoms with van der Waals surface area (Å²) in [6, 6.07) is -0.241. The van der Waals surface area contributed by atoms with Crippen LogP contribution in [0.15, 0.2) is 0 Å². The third kappa shape index (κ3) is 4.61. The fourth-order valence-corrected chi connectivity index (χ4v) is 3.06. The molecule has 5 nitrogen and oxygen atoms in total. The highest BCUT2D eigenvalue weighted by molar-refractivity contribution is 5.86. The molecule has 1 aliphatic carbocycles. The highest BCUT2D eigenvalue weighted by Gasteiger charge is 2.43. The van der Waals surface area contributed by atoms with Crippen molar-refractivity contribution < 1.29 is 14.7 Å². The topological polar surface area (TPSA) is 69.6 Å². The van der Waals surface area contributed by atoms with Crippen molar-refractivity contribution >= 4 is 12.0 Å². The number of rotatable bonds is 6. The minimum atomic E-state index is -1.09. The van der Waals surface area contributed by atoms with Gasteiger partial charge in [0.05, 0.1) is 0 Å². The van der Waals surface area contributed by atoms with Gasteiger partial charge in [0.2, 0.25) is 0 Å². The lowest BCUT2D eigenvalue weighted by Gasteiger charge is -2.38. The van der Waals surface area contributed by atoms with E-state index in [4.69, 9.17) is 0 Å². The minimum absolute atomic E-state index is 0.241. The van der Waals surface area contributed by atoms with Crippen LogP contribution in [-0.2, 0) is 4.79 Å². The Bertz CT molecular complexity index is 373. The van der Waals surface area contributed by atoms with Crippen LogP contribution >= 0.6 is 0 Å². The van der Waals surface area contributed by atoms with Gasteiger partial charge in [0, 0.05) is 13.1 Å². The molecule has 2 N–H and O–H groups in total. The number of carbonyl (C=O) groups excluding carboxylic acids is 1. The summed E-state index contributed by atoms with van der Waals surface area (Å²) in [7, 11) is 0.